The van der Waals surface area contributed by atoms with E-state index >= 15 is 0 Å². The Kier molecular flexibility index (Phi) is 3.13. The third-order valence-corrected chi connectivity index (χ3v) is 3.08. The number of hydroxylamine groups is 2. The highest BCUT2D eigenvalue weighted by Crippen LogP contribution is 2.39. The Morgan fingerprint density at radius 3 is 2.82 bits per heavy atom. The van der Waals surface area contributed by atoms with E-state index in [0.29, 0.717) is 6.42 Å². The molecule has 2 rings (SSSR count). The molecule has 17 heavy (non-hydrogen) atoms. The second-order valence-electron chi connectivity index (χ2n) is 4.36. The number of nitrogens with zero attached hydrogens (tertiary/aromatic N) is 2. The van der Waals surface area contributed by atoms with Crippen LogP contribution in [0, 0.1) is 0 Å². The van der Waals surface area contributed by atoms with Crippen molar-refractivity contribution in [2.75, 3.05) is 14.2 Å². The third-order valence-electron chi connectivity index (χ3n) is 3.08. The Morgan fingerprint density at radius 1 is 1.59 bits per heavy atom. The Hall–Kier alpha value is -1.46. The average Bonchev–Trinajstić information content (AvgIpc) is 2.66. The van der Waals surface area contributed by atoms with Gasteiger partial charge in [-0.3, -0.25) is 9.82 Å². The van der Waals surface area contributed by atoms with Crippen molar-refractivity contribution in [2.24, 2.45) is 0 Å². The fraction of sp³-hybridized carbons (Fsp3) is 0.500. The minimum absolute atomic E-state index is 0.0436. The average molecular weight is 236 g/mol. The van der Waals surface area contributed by atoms with E-state index in [4.69, 9.17) is 9.57 Å². The molecule has 1 aromatic rings. The van der Waals surface area contributed by atoms with Crippen molar-refractivity contribution in [1.82, 2.24) is 10.0 Å². The SMILES string of the molecule is COC(=O)[C@]1(C)C[C@H](c2ccncc2)N(C)O1. The van der Waals surface area contributed by atoms with E-state index in [2.05, 4.69) is 4.98 Å². The summed E-state index contributed by atoms with van der Waals surface area (Å²) < 4.78 is 4.77. The lowest BCUT2D eigenvalue weighted by Gasteiger charge is -2.20. The molecule has 5 nitrogen and oxygen atoms in total. The first-order valence-corrected chi connectivity index (χ1v) is 5.47. The maximum absolute atomic E-state index is 11.7. The molecule has 0 amide bonds. The topological polar surface area (TPSA) is 51.7 Å². The quantitative estimate of drug-likeness (QED) is 0.725. The van der Waals surface area contributed by atoms with Crippen molar-refractivity contribution >= 4 is 5.97 Å². The van der Waals surface area contributed by atoms with Crippen LogP contribution in [0.25, 0.3) is 0 Å². The minimum atomic E-state index is -0.905. The molecule has 0 spiro atoms. The highest BCUT2D eigenvalue weighted by atomic mass is 16.7. The number of carbonyl (C=O) groups excluding carboxylic acids is 1. The van der Waals surface area contributed by atoms with Gasteiger partial charge in [-0.05, 0) is 24.6 Å². The fourth-order valence-corrected chi connectivity index (χ4v) is 2.17. The normalized spacial score (nSPS) is 29.2. The van der Waals surface area contributed by atoms with Crippen molar-refractivity contribution in [1.29, 1.82) is 0 Å². The molecule has 5 heteroatoms. The molecule has 1 aliphatic rings. The van der Waals surface area contributed by atoms with Gasteiger partial charge in [0, 0.05) is 25.9 Å². The van der Waals surface area contributed by atoms with Crippen LogP contribution in [0.1, 0.15) is 24.9 Å². The molecule has 0 saturated carbocycles. The van der Waals surface area contributed by atoms with Gasteiger partial charge >= 0.3 is 5.97 Å². The van der Waals surface area contributed by atoms with Crippen LogP contribution in [0.2, 0.25) is 0 Å². The summed E-state index contributed by atoms with van der Waals surface area (Å²) in [6, 6.07) is 3.89. The predicted molar refractivity (Wildman–Crippen MR) is 60.9 cm³/mol. The highest BCUT2D eigenvalue weighted by molar-refractivity contribution is 5.79. The van der Waals surface area contributed by atoms with E-state index in [1.54, 1.807) is 24.4 Å². The lowest BCUT2D eigenvalue weighted by atomic mass is 9.94. The van der Waals surface area contributed by atoms with Crippen LogP contribution in [-0.2, 0) is 14.4 Å². The lowest BCUT2D eigenvalue weighted by Crippen LogP contribution is -2.36. The first kappa shape index (κ1) is 12.0. The number of esters is 1. The van der Waals surface area contributed by atoms with Gasteiger partial charge in [0.15, 0.2) is 5.60 Å². The Morgan fingerprint density at radius 2 is 2.24 bits per heavy atom. The second-order valence-corrected chi connectivity index (χ2v) is 4.36. The van der Waals surface area contributed by atoms with Crippen molar-refractivity contribution < 1.29 is 14.4 Å². The van der Waals surface area contributed by atoms with Crippen LogP contribution in [0.3, 0.4) is 0 Å². The summed E-state index contributed by atoms with van der Waals surface area (Å²) in [4.78, 5) is 21.3. The molecule has 0 aromatic carbocycles. The van der Waals surface area contributed by atoms with E-state index in [-0.39, 0.29) is 12.0 Å². The van der Waals surface area contributed by atoms with Gasteiger partial charge in [0.2, 0.25) is 0 Å². The number of hydrogen-bond acceptors (Lipinski definition) is 5. The molecule has 0 radical (unpaired) electrons. The Labute approximate surface area is 100 Å². The van der Waals surface area contributed by atoms with Gasteiger partial charge in [0.05, 0.1) is 13.2 Å². The lowest BCUT2D eigenvalue weighted by molar-refractivity contribution is -0.205. The number of carbonyl (C=O) groups is 1. The zero-order valence-electron chi connectivity index (χ0n) is 10.2. The van der Waals surface area contributed by atoms with Gasteiger partial charge in [-0.15, -0.1) is 0 Å². The highest BCUT2D eigenvalue weighted by Gasteiger charge is 2.47. The number of ether oxygens (including phenoxy) is 1. The van der Waals surface area contributed by atoms with Gasteiger partial charge in [-0.2, -0.15) is 5.06 Å². The minimum Gasteiger partial charge on any atom is -0.467 e. The summed E-state index contributed by atoms with van der Waals surface area (Å²) in [6.07, 6.45) is 4.04. The molecule has 1 fully saturated rings. The van der Waals surface area contributed by atoms with Crippen molar-refractivity contribution in [3.63, 3.8) is 0 Å². The molecular weight excluding hydrogens is 220 g/mol. The van der Waals surface area contributed by atoms with Crippen LogP contribution in [0.4, 0.5) is 0 Å². The van der Waals surface area contributed by atoms with E-state index in [1.807, 2.05) is 19.2 Å². The van der Waals surface area contributed by atoms with Crippen LogP contribution in [0.5, 0.6) is 0 Å². The summed E-state index contributed by atoms with van der Waals surface area (Å²) in [6.45, 7) is 1.75. The molecule has 1 saturated heterocycles. The molecule has 1 aromatic heterocycles. The maximum Gasteiger partial charge on any atom is 0.340 e. The summed E-state index contributed by atoms with van der Waals surface area (Å²) >= 11 is 0. The maximum atomic E-state index is 11.7. The van der Waals surface area contributed by atoms with Gasteiger partial charge in [-0.25, -0.2) is 4.79 Å². The first-order chi connectivity index (χ1) is 8.07. The molecule has 2 atom stereocenters. The summed E-state index contributed by atoms with van der Waals surface area (Å²) in [5, 5.41) is 1.70. The predicted octanol–water partition coefficient (Wildman–Crippen LogP) is 1.32. The van der Waals surface area contributed by atoms with Crippen LogP contribution in [0.15, 0.2) is 24.5 Å². The third kappa shape index (κ3) is 2.16. The zero-order chi connectivity index (χ0) is 12.5. The summed E-state index contributed by atoms with van der Waals surface area (Å²) in [7, 11) is 3.19. The van der Waals surface area contributed by atoms with Crippen LogP contribution >= 0.6 is 0 Å². The number of pyridine rings is 1. The second kappa shape index (κ2) is 4.43. The van der Waals surface area contributed by atoms with Crippen LogP contribution < -0.4 is 0 Å². The smallest absolute Gasteiger partial charge is 0.340 e. The first-order valence-electron chi connectivity index (χ1n) is 5.47. The van der Waals surface area contributed by atoms with Gasteiger partial charge in [0.1, 0.15) is 0 Å². The van der Waals surface area contributed by atoms with Crippen molar-refractivity contribution in [3.8, 4) is 0 Å². The van der Waals surface area contributed by atoms with E-state index in [1.165, 1.54) is 7.11 Å². The molecule has 0 N–H and O–H groups in total. The van der Waals surface area contributed by atoms with E-state index in [0.717, 1.165) is 5.56 Å². The molecule has 0 bridgehead atoms. The summed E-state index contributed by atoms with van der Waals surface area (Å²) in [5.41, 5.74) is 0.174. The van der Waals surface area contributed by atoms with E-state index < -0.39 is 5.60 Å². The molecular formula is C12H16N2O3. The number of methoxy groups -OCH3 is 1. The van der Waals surface area contributed by atoms with Crippen molar-refractivity contribution in [2.45, 2.75) is 25.0 Å². The van der Waals surface area contributed by atoms with Crippen molar-refractivity contribution in [3.05, 3.63) is 30.1 Å². The van der Waals surface area contributed by atoms with Gasteiger partial charge in [0.25, 0.3) is 0 Å². The molecule has 2 heterocycles. The number of hydrogen-bond donors (Lipinski definition) is 0. The Bertz CT molecular complexity index is 409. The molecule has 0 unspecified atom stereocenters. The zero-order valence-corrected chi connectivity index (χ0v) is 10.2. The molecule has 0 aliphatic carbocycles. The monoisotopic (exact) mass is 236 g/mol. The molecule has 1 aliphatic heterocycles. The van der Waals surface area contributed by atoms with Gasteiger partial charge < -0.3 is 4.74 Å². The van der Waals surface area contributed by atoms with E-state index in [9.17, 15) is 4.79 Å². The largest absolute Gasteiger partial charge is 0.467 e. The van der Waals surface area contributed by atoms with Gasteiger partial charge in [-0.1, -0.05) is 0 Å². The Balaban J connectivity index is 2.21. The summed E-state index contributed by atoms with van der Waals surface area (Å²) in [5.74, 6) is -0.346. The van der Waals surface area contributed by atoms with Crippen LogP contribution in [-0.4, -0.2) is 35.8 Å². The molecule has 92 valence electrons. The number of aromatic nitrogens is 1. The number of rotatable bonds is 2. The standard InChI is InChI=1S/C12H16N2O3/c1-12(11(15)16-3)8-10(14(2)17-12)9-4-6-13-7-5-9/h4-7,10H,8H2,1-3H3/t10-,12+/m1/s1. The fourth-order valence-electron chi connectivity index (χ4n) is 2.17.